The zero-order valence-corrected chi connectivity index (χ0v) is 15.2. The van der Waals surface area contributed by atoms with Crippen LogP contribution in [0.3, 0.4) is 0 Å². The van der Waals surface area contributed by atoms with Gasteiger partial charge in [-0.25, -0.2) is 0 Å². The Hall–Kier alpha value is -0.890. The van der Waals surface area contributed by atoms with Gasteiger partial charge in [0.25, 0.3) is 0 Å². The van der Waals surface area contributed by atoms with Crippen molar-refractivity contribution in [2.45, 2.75) is 72.6 Å². The third kappa shape index (κ3) is 4.81. The van der Waals surface area contributed by atoms with Crippen LogP contribution in [0.2, 0.25) is 0 Å². The fraction of sp³-hybridized carbons (Fsp3) is 0.750. The van der Waals surface area contributed by atoms with Gasteiger partial charge in [-0.15, -0.1) is 0 Å². The van der Waals surface area contributed by atoms with Crippen LogP contribution in [-0.2, 0) is 9.53 Å². The van der Waals surface area contributed by atoms with Crippen LogP contribution in [0.4, 0.5) is 0 Å². The minimum atomic E-state index is -0.495. The molecule has 0 aromatic heterocycles. The molecular weight excluding hydrogens is 272 g/mol. The van der Waals surface area contributed by atoms with E-state index in [1.807, 2.05) is 0 Å². The first-order valence-corrected chi connectivity index (χ1v) is 8.81. The summed E-state index contributed by atoms with van der Waals surface area (Å²) in [6.07, 6.45) is 11.9. The summed E-state index contributed by atoms with van der Waals surface area (Å²) in [5.74, 6) is 1.12. The van der Waals surface area contributed by atoms with Gasteiger partial charge in [0.05, 0.1) is 12.0 Å². The minimum absolute atomic E-state index is 0.334. The fourth-order valence-corrected chi connectivity index (χ4v) is 3.44. The number of methoxy groups -OCH3 is 1. The average molecular weight is 306 g/mol. The highest BCUT2D eigenvalue weighted by atomic mass is 16.5. The summed E-state index contributed by atoms with van der Waals surface area (Å²) in [6, 6.07) is 0. The van der Waals surface area contributed by atoms with Crippen molar-refractivity contribution in [1.29, 1.82) is 0 Å². The number of hydrogen-bond donors (Lipinski definition) is 0. The predicted molar refractivity (Wildman–Crippen MR) is 94.0 cm³/mol. The van der Waals surface area contributed by atoms with E-state index in [4.69, 9.17) is 4.74 Å². The summed E-state index contributed by atoms with van der Waals surface area (Å²) in [5.41, 5.74) is 1.84. The number of unbranched alkanes of at least 4 members (excludes halogenated alkanes) is 3. The van der Waals surface area contributed by atoms with Gasteiger partial charge in [-0.1, -0.05) is 62.8 Å². The molecule has 0 bridgehead atoms. The number of carbonyl (C=O) groups excluding carboxylic acids is 1. The Morgan fingerprint density at radius 2 is 1.73 bits per heavy atom. The minimum Gasteiger partial charge on any atom is -0.383 e. The Labute approximate surface area is 137 Å². The molecule has 22 heavy (non-hydrogen) atoms. The van der Waals surface area contributed by atoms with Gasteiger partial charge in [0.1, 0.15) is 5.78 Å². The maximum atomic E-state index is 12.9. The van der Waals surface area contributed by atoms with Crippen LogP contribution >= 0.6 is 0 Å². The molecule has 126 valence electrons. The summed E-state index contributed by atoms with van der Waals surface area (Å²) in [7, 11) is 1.69. The lowest BCUT2D eigenvalue weighted by Gasteiger charge is -2.36. The maximum absolute atomic E-state index is 12.9. The Bertz CT molecular complexity index is 397. The maximum Gasteiger partial charge on any atom is 0.149 e. The second kappa shape index (κ2) is 9.29. The molecular formula is C20H34O2. The zero-order valence-electron chi connectivity index (χ0n) is 15.2. The highest BCUT2D eigenvalue weighted by molar-refractivity contribution is 5.91. The molecule has 0 N–H and O–H groups in total. The van der Waals surface area contributed by atoms with Crippen LogP contribution in [0.5, 0.6) is 0 Å². The number of allylic oxidation sites excluding steroid dienone is 2. The second-order valence-electron chi connectivity index (χ2n) is 7.12. The monoisotopic (exact) mass is 306 g/mol. The summed E-state index contributed by atoms with van der Waals surface area (Å²) in [6.45, 7) is 9.17. The third-order valence-corrected chi connectivity index (χ3v) is 4.97. The van der Waals surface area contributed by atoms with Crippen molar-refractivity contribution in [3.63, 3.8) is 0 Å². The molecule has 0 saturated carbocycles. The van der Waals surface area contributed by atoms with Crippen molar-refractivity contribution < 1.29 is 9.53 Å². The van der Waals surface area contributed by atoms with E-state index in [1.54, 1.807) is 7.11 Å². The number of rotatable bonds is 10. The van der Waals surface area contributed by atoms with Gasteiger partial charge in [-0.2, -0.15) is 0 Å². The molecule has 0 aromatic rings. The van der Waals surface area contributed by atoms with Gasteiger partial charge in [-0.3, -0.25) is 4.79 Å². The molecule has 0 heterocycles. The van der Waals surface area contributed by atoms with Crippen LogP contribution in [0.25, 0.3) is 0 Å². The first-order valence-electron chi connectivity index (χ1n) is 8.81. The number of ether oxygens (including phenoxy) is 1. The first kappa shape index (κ1) is 19.2. The largest absolute Gasteiger partial charge is 0.383 e. The number of carbonyl (C=O) groups is 1. The molecule has 0 aromatic carbocycles. The van der Waals surface area contributed by atoms with E-state index in [2.05, 4.69) is 39.8 Å². The van der Waals surface area contributed by atoms with Crippen molar-refractivity contribution in [1.82, 2.24) is 0 Å². The molecule has 0 fully saturated rings. The first-order chi connectivity index (χ1) is 10.4. The topological polar surface area (TPSA) is 26.3 Å². The lowest BCUT2D eigenvalue weighted by Crippen LogP contribution is -2.39. The lowest BCUT2D eigenvalue weighted by molar-refractivity contribution is -0.127. The second-order valence-corrected chi connectivity index (χ2v) is 7.12. The van der Waals surface area contributed by atoms with E-state index >= 15 is 0 Å². The molecule has 1 rings (SSSR count). The van der Waals surface area contributed by atoms with Crippen molar-refractivity contribution in [3.8, 4) is 0 Å². The van der Waals surface area contributed by atoms with Gasteiger partial charge in [0, 0.05) is 13.5 Å². The van der Waals surface area contributed by atoms with Crippen molar-refractivity contribution >= 4 is 5.78 Å². The molecule has 0 radical (unpaired) electrons. The average Bonchev–Trinajstić information content (AvgIpc) is 2.46. The summed E-state index contributed by atoms with van der Waals surface area (Å²) >= 11 is 0. The van der Waals surface area contributed by atoms with E-state index in [-0.39, 0.29) is 0 Å². The zero-order chi connectivity index (χ0) is 16.6. The Kier molecular flexibility index (Phi) is 8.09. The highest BCUT2D eigenvalue weighted by Crippen LogP contribution is 2.41. The normalized spacial score (nSPS) is 17.4. The van der Waals surface area contributed by atoms with E-state index in [9.17, 15) is 4.79 Å². The Morgan fingerprint density at radius 3 is 2.27 bits per heavy atom. The van der Waals surface area contributed by atoms with Crippen molar-refractivity contribution in [2.24, 2.45) is 11.3 Å². The summed E-state index contributed by atoms with van der Waals surface area (Å²) in [4.78, 5) is 12.9. The molecule has 0 amide bonds. The van der Waals surface area contributed by atoms with E-state index in [0.29, 0.717) is 18.8 Å². The predicted octanol–water partition coefficient (Wildman–Crippen LogP) is 5.48. The van der Waals surface area contributed by atoms with Gasteiger partial charge in [0.2, 0.25) is 0 Å². The van der Waals surface area contributed by atoms with Crippen LogP contribution in [-0.4, -0.2) is 19.5 Å². The molecule has 0 unspecified atom stereocenters. The van der Waals surface area contributed by atoms with Gasteiger partial charge >= 0.3 is 0 Å². The van der Waals surface area contributed by atoms with E-state index < -0.39 is 5.41 Å². The molecule has 1 aliphatic carbocycles. The Morgan fingerprint density at radius 1 is 1.14 bits per heavy atom. The number of ketones is 1. The highest BCUT2D eigenvalue weighted by Gasteiger charge is 2.41. The third-order valence-electron chi connectivity index (χ3n) is 4.97. The van der Waals surface area contributed by atoms with Crippen LogP contribution < -0.4 is 0 Å². The molecule has 2 nitrogen and oxygen atoms in total. The standard InChI is InChI=1S/C20H34O2/c1-16(2)11-8-6-7-9-14-19(21)20(15-22-5)17(3)12-10-13-18(20)4/h12-13,16H,6-11,14-15H2,1-5H3. The Balaban J connectivity index is 2.54. The fourth-order valence-electron chi connectivity index (χ4n) is 3.44. The van der Waals surface area contributed by atoms with E-state index in [1.165, 1.54) is 30.4 Å². The smallest absolute Gasteiger partial charge is 0.149 e. The van der Waals surface area contributed by atoms with Gasteiger partial charge in [0.15, 0.2) is 0 Å². The number of Topliss-reactive ketones (excluding diaryl/α,β-unsaturated/α-hetero) is 1. The van der Waals surface area contributed by atoms with Crippen LogP contribution in [0, 0.1) is 11.3 Å². The van der Waals surface area contributed by atoms with Crippen molar-refractivity contribution in [2.75, 3.05) is 13.7 Å². The lowest BCUT2D eigenvalue weighted by atomic mass is 9.68. The summed E-state index contributed by atoms with van der Waals surface area (Å²) in [5, 5.41) is 0. The molecule has 0 aliphatic heterocycles. The van der Waals surface area contributed by atoms with Crippen molar-refractivity contribution in [3.05, 3.63) is 23.3 Å². The molecule has 1 aliphatic rings. The molecule has 2 heteroatoms. The number of hydrogen-bond acceptors (Lipinski definition) is 2. The van der Waals surface area contributed by atoms with Crippen LogP contribution in [0.15, 0.2) is 23.3 Å². The molecule has 0 saturated heterocycles. The molecule has 0 spiro atoms. The SMILES string of the molecule is COCC1(C(=O)CCCCCCC(C)C)C(C)=CCC=C1C. The summed E-state index contributed by atoms with van der Waals surface area (Å²) < 4.78 is 5.42. The van der Waals surface area contributed by atoms with Gasteiger partial charge < -0.3 is 4.74 Å². The molecule has 0 atom stereocenters. The quantitative estimate of drug-likeness (QED) is 0.394. The van der Waals surface area contributed by atoms with Gasteiger partial charge in [-0.05, 0) is 32.6 Å². The van der Waals surface area contributed by atoms with E-state index in [0.717, 1.165) is 25.2 Å². The van der Waals surface area contributed by atoms with Crippen LogP contribution in [0.1, 0.15) is 72.6 Å².